The Morgan fingerprint density at radius 2 is 1.88 bits per heavy atom. The number of hydrogen-bond acceptors (Lipinski definition) is 4. The van der Waals surface area contributed by atoms with Gasteiger partial charge >= 0.3 is 0 Å². The molecule has 0 fully saturated rings. The maximum absolute atomic E-state index is 13.7. The number of nitrogens with zero attached hydrogens (tertiary/aromatic N) is 1. The second kappa shape index (κ2) is 8.39. The first-order valence-corrected chi connectivity index (χ1v) is 10.3. The highest BCUT2D eigenvalue weighted by Crippen LogP contribution is 2.29. The van der Waals surface area contributed by atoms with Crippen LogP contribution in [0.3, 0.4) is 0 Å². The summed E-state index contributed by atoms with van der Waals surface area (Å²) in [4.78, 5) is 12.6. The molecule has 2 aromatic carbocycles. The van der Waals surface area contributed by atoms with Crippen molar-refractivity contribution in [2.24, 2.45) is 0 Å². The van der Waals surface area contributed by atoms with Crippen molar-refractivity contribution in [3.63, 3.8) is 0 Å². The van der Waals surface area contributed by atoms with Gasteiger partial charge in [0.15, 0.2) is 0 Å². The first kappa shape index (κ1) is 20.7. The van der Waals surface area contributed by atoms with Crippen LogP contribution in [0.25, 0.3) is 0 Å². The van der Waals surface area contributed by atoms with Crippen LogP contribution in [0.15, 0.2) is 52.3 Å². The van der Waals surface area contributed by atoms with Gasteiger partial charge in [-0.15, -0.1) is 11.8 Å². The van der Waals surface area contributed by atoms with Crippen molar-refractivity contribution in [2.75, 3.05) is 19.4 Å². The van der Waals surface area contributed by atoms with Crippen molar-refractivity contribution >= 4 is 45.0 Å². The number of carbonyl (C=O) groups is 1. The third-order valence-corrected chi connectivity index (χ3v) is 6.92. The van der Waals surface area contributed by atoms with E-state index in [4.69, 9.17) is 11.6 Å². The lowest BCUT2D eigenvalue weighted by molar-refractivity contribution is -0.115. The standard InChI is InChI=1S/C17H18ClFN2O3S2/c1-11(25-15-7-5-4-6-14(15)19)17(22)20-12-8-9-13(18)16(10-12)26(23,24)21(2)3/h4-11H,1-3H3,(H,20,22)/t11-/m1/s1. The molecule has 0 saturated heterocycles. The molecule has 2 aromatic rings. The van der Waals surface area contributed by atoms with Crippen LogP contribution >= 0.6 is 23.4 Å². The molecule has 0 aromatic heterocycles. The molecule has 26 heavy (non-hydrogen) atoms. The first-order chi connectivity index (χ1) is 12.1. The molecule has 1 amide bonds. The Hall–Kier alpha value is -1.61. The summed E-state index contributed by atoms with van der Waals surface area (Å²) in [6.07, 6.45) is 0. The van der Waals surface area contributed by atoms with E-state index in [-0.39, 0.29) is 15.8 Å². The number of nitrogens with one attached hydrogen (secondary N) is 1. The van der Waals surface area contributed by atoms with E-state index >= 15 is 0 Å². The number of halogens is 2. The van der Waals surface area contributed by atoms with Crippen molar-refractivity contribution in [3.8, 4) is 0 Å². The van der Waals surface area contributed by atoms with Gasteiger partial charge in [0.2, 0.25) is 15.9 Å². The Kier molecular flexibility index (Phi) is 6.68. The zero-order chi connectivity index (χ0) is 19.5. The summed E-state index contributed by atoms with van der Waals surface area (Å²) in [5.41, 5.74) is 0.292. The zero-order valence-corrected chi connectivity index (χ0v) is 16.8. The van der Waals surface area contributed by atoms with Crippen LogP contribution in [-0.2, 0) is 14.8 Å². The zero-order valence-electron chi connectivity index (χ0n) is 14.4. The van der Waals surface area contributed by atoms with Crippen molar-refractivity contribution in [1.29, 1.82) is 0 Å². The molecule has 0 aliphatic carbocycles. The van der Waals surface area contributed by atoms with Crippen molar-refractivity contribution in [2.45, 2.75) is 22.0 Å². The quantitative estimate of drug-likeness (QED) is 0.726. The van der Waals surface area contributed by atoms with E-state index in [1.165, 1.54) is 38.4 Å². The monoisotopic (exact) mass is 416 g/mol. The number of rotatable bonds is 6. The molecule has 0 bridgehead atoms. The van der Waals surface area contributed by atoms with Gasteiger partial charge in [-0.05, 0) is 37.3 Å². The lowest BCUT2D eigenvalue weighted by Crippen LogP contribution is -2.24. The van der Waals surface area contributed by atoms with Gasteiger partial charge in [-0.3, -0.25) is 4.79 Å². The number of anilines is 1. The highest BCUT2D eigenvalue weighted by Gasteiger charge is 2.22. The van der Waals surface area contributed by atoms with Crippen LogP contribution < -0.4 is 5.32 Å². The molecular weight excluding hydrogens is 399 g/mol. The minimum Gasteiger partial charge on any atom is -0.325 e. The number of hydrogen-bond donors (Lipinski definition) is 1. The van der Waals surface area contributed by atoms with Crippen LogP contribution in [0.1, 0.15) is 6.92 Å². The van der Waals surface area contributed by atoms with Crippen LogP contribution in [-0.4, -0.2) is 38.0 Å². The molecule has 9 heteroatoms. The Morgan fingerprint density at radius 1 is 1.23 bits per heavy atom. The molecule has 0 radical (unpaired) electrons. The van der Waals surface area contributed by atoms with E-state index in [2.05, 4.69) is 5.32 Å². The molecule has 1 N–H and O–H groups in total. The maximum atomic E-state index is 13.7. The first-order valence-electron chi connectivity index (χ1n) is 7.57. The second-order valence-corrected chi connectivity index (χ2v) is 9.52. The lowest BCUT2D eigenvalue weighted by atomic mass is 10.3. The Bertz CT molecular complexity index is 920. The summed E-state index contributed by atoms with van der Waals surface area (Å²) in [6.45, 7) is 1.64. The summed E-state index contributed by atoms with van der Waals surface area (Å²) < 4.78 is 39.3. The molecule has 140 valence electrons. The number of benzene rings is 2. The van der Waals surface area contributed by atoms with Crippen LogP contribution in [0.5, 0.6) is 0 Å². The smallest absolute Gasteiger partial charge is 0.244 e. The fraction of sp³-hybridized carbons (Fsp3) is 0.235. The van der Waals surface area contributed by atoms with Gasteiger partial charge in [0, 0.05) is 24.7 Å². The van der Waals surface area contributed by atoms with Gasteiger partial charge in [0.05, 0.1) is 10.3 Å². The Balaban J connectivity index is 2.18. The summed E-state index contributed by atoms with van der Waals surface area (Å²) in [7, 11) is -0.959. The van der Waals surface area contributed by atoms with Gasteiger partial charge in [0.1, 0.15) is 10.7 Å². The second-order valence-electron chi connectivity index (χ2n) is 5.61. The van der Waals surface area contributed by atoms with Gasteiger partial charge in [-0.1, -0.05) is 23.7 Å². The topological polar surface area (TPSA) is 66.5 Å². The molecule has 0 aliphatic rings. The van der Waals surface area contributed by atoms with Gasteiger partial charge < -0.3 is 5.32 Å². The third kappa shape index (κ3) is 4.76. The average molecular weight is 417 g/mol. The fourth-order valence-corrected chi connectivity index (χ4v) is 4.28. The maximum Gasteiger partial charge on any atom is 0.244 e. The average Bonchev–Trinajstić information content (AvgIpc) is 2.58. The summed E-state index contributed by atoms with van der Waals surface area (Å²) in [6, 6.07) is 10.4. The largest absolute Gasteiger partial charge is 0.325 e. The van der Waals surface area contributed by atoms with Crippen LogP contribution in [0.2, 0.25) is 5.02 Å². The Morgan fingerprint density at radius 3 is 2.50 bits per heavy atom. The van der Waals surface area contributed by atoms with Gasteiger partial charge in [0.25, 0.3) is 0 Å². The lowest BCUT2D eigenvalue weighted by Gasteiger charge is -2.16. The number of sulfonamides is 1. The van der Waals surface area contributed by atoms with Crippen LogP contribution in [0, 0.1) is 5.82 Å². The fourth-order valence-electron chi connectivity index (χ4n) is 2.00. The molecular formula is C17H18ClFN2O3S2. The molecule has 5 nitrogen and oxygen atoms in total. The minimum absolute atomic E-state index is 0.0606. The molecule has 1 atom stereocenters. The summed E-state index contributed by atoms with van der Waals surface area (Å²) >= 11 is 7.06. The normalized spacial score (nSPS) is 12.8. The van der Waals surface area contributed by atoms with Gasteiger partial charge in [-0.2, -0.15) is 0 Å². The van der Waals surface area contributed by atoms with E-state index < -0.39 is 21.1 Å². The SMILES string of the molecule is C[C@@H](Sc1ccccc1F)C(=O)Nc1ccc(Cl)c(S(=O)(=O)N(C)C)c1. The van der Waals surface area contributed by atoms with E-state index in [0.717, 1.165) is 16.1 Å². The molecule has 0 heterocycles. The molecule has 0 unspecified atom stereocenters. The van der Waals surface area contributed by atoms with Crippen LogP contribution in [0.4, 0.5) is 10.1 Å². The number of carbonyl (C=O) groups excluding carboxylic acids is 1. The molecule has 0 saturated carbocycles. The third-order valence-electron chi connectivity index (χ3n) is 3.47. The summed E-state index contributed by atoms with van der Waals surface area (Å²) in [5.74, 6) is -0.781. The van der Waals surface area contributed by atoms with Crippen molar-refractivity contribution in [1.82, 2.24) is 4.31 Å². The van der Waals surface area contributed by atoms with E-state index in [1.807, 2.05) is 0 Å². The highest BCUT2D eigenvalue weighted by molar-refractivity contribution is 8.00. The van der Waals surface area contributed by atoms with Crippen molar-refractivity contribution < 1.29 is 17.6 Å². The minimum atomic E-state index is -3.74. The molecule has 0 spiro atoms. The summed E-state index contributed by atoms with van der Waals surface area (Å²) in [5, 5.41) is 2.11. The predicted molar refractivity (Wildman–Crippen MR) is 103 cm³/mol. The number of amides is 1. The van der Waals surface area contributed by atoms with E-state index in [1.54, 1.807) is 25.1 Å². The number of thioether (sulfide) groups is 1. The predicted octanol–water partition coefficient (Wildman–Crippen LogP) is 3.85. The Labute approximate surface area is 161 Å². The van der Waals surface area contributed by atoms with E-state index in [0.29, 0.717) is 10.6 Å². The highest BCUT2D eigenvalue weighted by atomic mass is 35.5. The van der Waals surface area contributed by atoms with Gasteiger partial charge in [-0.25, -0.2) is 17.1 Å². The van der Waals surface area contributed by atoms with Crippen molar-refractivity contribution in [3.05, 3.63) is 53.3 Å². The molecule has 0 aliphatic heterocycles. The van der Waals surface area contributed by atoms with E-state index in [9.17, 15) is 17.6 Å². The molecule has 2 rings (SSSR count).